The van der Waals surface area contributed by atoms with Crippen molar-refractivity contribution in [1.82, 2.24) is 14.8 Å². The summed E-state index contributed by atoms with van der Waals surface area (Å²) >= 11 is 0. The van der Waals surface area contributed by atoms with Gasteiger partial charge in [0.15, 0.2) is 0 Å². The number of imidazole rings is 1. The molecule has 0 spiro atoms. The van der Waals surface area contributed by atoms with Crippen LogP contribution in [-0.4, -0.2) is 31.7 Å². The third-order valence-corrected chi connectivity index (χ3v) is 3.94. The van der Waals surface area contributed by atoms with E-state index in [-0.39, 0.29) is 27.1 Å². The number of amides is 1. The summed E-state index contributed by atoms with van der Waals surface area (Å²) in [4.78, 5) is 31.7. The van der Waals surface area contributed by atoms with Gasteiger partial charge in [-0.3, -0.25) is 15.1 Å². The van der Waals surface area contributed by atoms with Crippen molar-refractivity contribution in [3.63, 3.8) is 0 Å². The van der Waals surface area contributed by atoms with Crippen molar-refractivity contribution in [1.29, 1.82) is 0 Å². The Hall–Kier alpha value is -3.81. The molecule has 0 aliphatic rings. The van der Waals surface area contributed by atoms with E-state index in [0.717, 1.165) is 10.8 Å². The monoisotopic (exact) mass is 350 g/mol. The molecule has 26 heavy (non-hydrogen) atoms. The second-order valence-electron chi connectivity index (χ2n) is 5.57. The number of carbonyl (C=O) groups is 2. The summed E-state index contributed by atoms with van der Waals surface area (Å²) in [5.41, 5.74) is -0.257. The maximum atomic E-state index is 14.5. The Morgan fingerprint density at radius 3 is 2.62 bits per heavy atom. The molecule has 2 aromatic heterocycles. The number of carbonyl (C=O) groups excluding carboxylic acids is 1. The third kappa shape index (κ3) is 2.53. The number of fused-ring (bicyclic) bond motifs is 2. The van der Waals surface area contributed by atoms with Crippen LogP contribution in [0.3, 0.4) is 0 Å². The molecule has 1 amide bonds. The van der Waals surface area contributed by atoms with Crippen molar-refractivity contribution in [3.05, 3.63) is 66.0 Å². The van der Waals surface area contributed by atoms with Crippen molar-refractivity contribution >= 4 is 39.6 Å². The quantitative estimate of drug-likeness (QED) is 0.591. The minimum atomic E-state index is -1.29. The number of carboxylic acids is 1. The molecule has 2 aromatic carbocycles. The fourth-order valence-corrected chi connectivity index (χ4v) is 2.71. The van der Waals surface area contributed by atoms with E-state index in [9.17, 15) is 19.2 Å². The summed E-state index contributed by atoms with van der Waals surface area (Å²) in [5, 5.41) is 13.2. The molecule has 0 atom stereocenters. The largest absolute Gasteiger partial charge is 0.478 e. The number of pyridine rings is 1. The number of aromatic nitrogens is 3. The van der Waals surface area contributed by atoms with E-state index < -0.39 is 17.8 Å². The van der Waals surface area contributed by atoms with E-state index in [1.165, 1.54) is 18.2 Å². The van der Waals surface area contributed by atoms with E-state index in [2.05, 4.69) is 15.3 Å². The molecule has 0 saturated carbocycles. The van der Waals surface area contributed by atoms with Crippen LogP contribution in [0, 0.1) is 0 Å². The number of carboxylic acid groups (broad SMARTS) is 1. The Bertz CT molecular complexity index is 1190. The van der Waals surface area contributed by atoms with E-state index >= 15 is 0 Å². The SMILES string of the molecule is O=C(Nc1nc2cccc(C(=O)O)c2n1F)c1cc2ccccc2cn1. The first-order valence-electron chi connectivity index (χ1n) is 7.61. The number of nitrogens with one attached hydrogen (secondary N) is 1. The predicted octanol–water partition coefficient (Wildman–Crippen LogP) is 3.27. The summed E-state index contributed by atoms with van der Waals surface area (Å²) in [5.74, 6) is -2.35. The average Bonchev–Trinajstić information content (AvgIpc) is 2.97. The van der Waals surface area contributed by atoms with Gasteiger partial charge in [-0.1, -0.05) is 34.8 Å². The first-order chi connectivity index (χ1) is 12.5. The number of nitrogens with zero attached hydrogens (tertiary/aromatic N) is 3. The number of benzene rings is 2. The zero-order valence-corrected chi connectivity index (χ0v) is 13.2. The normalized spacial score (nSPS) is 11.0. The fraction of sp³-hybridized carbons (Fsp3) is 0. The minimum absolute atomic E-state index is 0.0533. The lowest BCUT2D eigenvalue weighted by molar-refractivity contribution is 0.0698. The summed E-state index contributed by atoms with van der Waals surface area (Å²) in [7, 11) is 0. The summed E-state index contributed by atoms with van der Waals surface area (Å²) < 4.78 is 14.5. The van der Waals surface area contributed by atoms with Gasteiger partial charge in [0.25, 0.3) is 5.91 Å². The molecule has 7 nitrogen and oxygen atoms in total. The Morgan fingerprint density at radius 2 is 1.85 bits per heavy atom. The number of rotatable bonds is 3. The standard InChI is InChI=1S/C18H11FN4O3/c19-23-15-12(17(25)26)6-3-7-13(15)21-18(23)22-16(24)14-8-10-4-1-2-5-11(10)9-20-14/h1-9H,(H,25,26)(H,21,22,24). The second kappa shape index (κ2) is 5.92. The van der Waals surface area contributed by atoms with Gasteiger partial charge in [0.1, 0.15) is 11.2 Å². The third-order valence-electron chi connectivity index (χ3n) is 3.94. The lowest BCUT2D eigenvalue weighted by atomic mass is 10.1. The molecule has 128 valence electrons. The maximum Gasteiger partial charge on any atom is 0.338 e. The molecule has 2 N–H and O–H groups in total. The highest BCUT2D eigenvalue weighted by molar-refractivity contribution is 6.06. The second-order valence-corrected chi connectivity index (χ2v) is 5.57. The number of halogens is 1. The maximum absolute atomic E-state index is 14.5. The Labute approximate surface area is 145 Å². The van der Waals surface area contributed by atoms with Gasteiger partial charge < -0.3 is 5.11 Å². The molecule has 4 aromatic rings. The Morgan fingerprint density at radius 1 is 1.08 bits per heavy atom. The highest BCUT2D eigenvalue weighted by atomic mass is 19.2. The van der Waals surface area contributed by atoms with Crippen LogP contribution in [0.2, 0.25) is 0 Å². The van der Waals surface area contributed by atoms with Gasteiger partial charge in [-0.25, -0.2) is 9.78 Å². The molecular weight excluding hydrogens is 339 g/mol. The first-order valence-corrected chi connectivity index (χ1v) is 7.61. The molecule has 0 bridgehead atoms. The van der Waals surface area contributed by atoms with Crippen molar-refractivity contribution in [2.75, 3.05) is 5.32 Å². The highest BCUT2D eigenvalue weighted by Crippen LogP contribution is 2.24. The minimum Gasteiger partial charge on any atom is -0.478 e. The van der Waals surface area contributed by atoms with Crippen LogP contribution in [0.4, 0.5) is 10.4 Å². The van der Waals surface area contributed by atoms with Crippen LogP contribution in [-0.2, 0) is 0 Å². The molecule has 8 heteroatoms. The fourth-order valence-electron chi connectivity index (χ4n) is 2.71. The highest BCUT2D eigenvalue weighted by Gasteiger charge is 2.20. The molecule has 0 radical (unpaired) electrons. The van der Waals surface area contributed by atoms with Crippen molar-refractivity contribution < 1.29 is 19.2 Å². The van der Waals surface area contributed by atoms with Gasteiger partial charge in [-0.05, 0) is 23.6 Å². The topological polar surface area (TPSA) is 97.1 Å². The van der Waals surface area contributed by atoms with Gasteiger partial charge >= 0.3 is 5.97 Å². The number of hydrogen-bond acceptors (Lipinski definition) is 4. The van der Waals surface area contributed by atoms with Gasteiger partial charge in [0.2, 0.25) is 5.95 Å². The van der Waals surface area contributed by atoms with Crippen LogP contribution in [0.5, 0.6) is 0 Å². The van der Waals surface area contributed by atoms with E-state index in [4.69, 9.17) is 0 Å². The van der Waals surface area contributed by atoms with E-state index in [1.807, 2.05) is 24.3 Å². The van der Waals surface area contributed by atoms with Crippen molar-refractivity contribution in [3.8, 4) is 0 Å². The van der Waals surface area contributed by atoms with Crippen molar-refractivity contribution in [2.45, 2.75) is 0 Å². The molecule has 0 aliphatic carbocycles. The van der Waals surface area contributed by atoms with Gasteiger partial charge in [-0.15, -0.1) is 4.79 Å². The molecule has 4 rings (SSSR count). The van der Waals surface area contributed by atoms with Gasteiger partial charge in [0, 0.05) is 11.6 Å². The summed E-state index contributed by atoms with van der Waals surface area (Å²) in [6.45, 7) is 0. The average molecular weight is 350 g/mol. The summed E-state index contributed by atoms with van der Waals surface area (Å²) in [6.07, 6.45) is 1.55. The zero-order valence-electron chi connectivity index (χ0n) is 13.2. The predicted molar refractivity (Wildman–Crippen MR) is 92.9 cm³/mol. The lowest BCUT2D eigenvalue weighted by Crippen LogP contribution is -2.15. The number of para-hydroxylation sites is 1. The molecule has 0 saturated heterocycles. The van der Waals surface area contributed by atoms with Crippen LogP contribution >= 0.6 is 0 Å². The zero-order chi connectivity index (χ0) is 18.3. The molecular formula is C18H11FN4O3. The van der Waals surface area contributed by atoms with E-state index in [0.29, 0.717) is 0 Å². The number of aromatic carboxylic acids is 1. The van der Waals surface area contributed by atoms with Crippen LogP contribution < -0.4 is 5.32 Å². The smallest absolute Gasteiger partial charge is 0.338 e. The van der Waals surface area contributed by atoms with Crippen LogP contribution in [0.15, 0.2) is 54.7 Å². The Kier molecular flexibility index (Phi) is 3.58. The van der Waals surface area contributed by atoms with E-state index in [1.54, 1.807) is 12.3 Å². The van der Waals surface area contributed by atoms with Gasteiger partial charge in [0.05, 0.1) is 11.1 Å². The van der Waals surface area contributed by atoms with Crippen molar-refractivity contribution in [2.24, 2.45) is 0 Å². The Balaban J connectivity index is 1.72. The van der Waals surface area contributed by atoms with Gasteiger partial charge in [-0.2, -0.15) is 0 Å². The summed E-state index contributed by atoms with van der Waals surface area (Å²) in [6, 6.07) is 13.1. The molecule has 0 fully saturated rings. The van der Waals surface area contributed by atoms with Crippen LogP contribution in [0.1, 0.15) is 20.8 Å². The molecule has 0 aliphatic heterocycles. The molecule has 2 heterocycles. The first kappa shape index (κ1) is 15.7. The number of anilines is 1. The molecule has 0 unspecified atom stereocenters. The lowest BCUT2D eigenvalue weighted by Gasteiger charge is -2.04. The number of hydrogen-bond donors (Lipinski definition) is 2. The van der Waals surface area contributed by atoms with Crippen LogP contribution in [0.25, 0.3) is 21.8 Å².